The highest BCUT2D eigenvalue weighted by Gasteiger charge is 2.45. The number of likely N-dealkylation sites (tertiary alicyclic amines) is 1. The van der Waals surface area contributed by atoms with Crippen molar-refractivity contribution >= 4 is 12.0 Å². The third kappa shape index (κ3) is 4.61. The zero-order valence-electron chi connectivity index (χ0n) is 12.6. The summed E-state index contributed by atoms with van der Waals surface area (Å²) in [5.41, 5.74) is -0.759. The van der Waals surface area contributed by atoms with Crippen LogP contribution in [0.15, 0.2) is 0 Å². The second-order valence-corrected chi connectivity index (χ2v) is 6.35. The Morgan fingerprint density at radius 3 is 2.30 bits per heavy atom. The van der Waals surface area contributed by atoms with Crippen molar-refractivity contribution in [1.29, 1.82) is 0 Å². The van der Waals surface area contributed by atoms with Gasteiger partial charge in [-0.25, -0.2) is 13.6 Å². The minimum atomic E-state index is -3.08. The molecule has 1 saturated heterocycles. The van der Waals surface area contributed by atoms with Crippen LogP contribution in [-0.2, 0) is 9.53 Å². The number of carbonyl (C=O) groups is 2. The van der Waals surface area contributed by atoms with Crippen LogP contribution in [0, 0.1) is 5.92 Å². The molecule has 116 valence electrons. The highest BCUT2D eigenvalue weighted by Crippen LogP contribution is 2.32. The van der Waals surface area contributed by atoms with Gasteiger partial charge in [-0.1, -0.05) is 0 Å². The van der Waals surface area contributed by atoms with E-state index in [4.69, 9.17) is 4.74 Å². The molecule has 1 heterocycles. The highest BCUT2D eigenvalue weighted by atomic mass is 19.3. The first-order valence-electron chi connectivity index (χ1n) is 6.48. The summed E-state index contributed by atoms with van der Waals surface area (Å²) in [7, 11) is 3.01. The zero-order chi connectivity index (χ0) is 15.7. The van der Waals surface area contributed by atoms with Crippen LogP contribution in [0.3, 0.4) is 0 Å². The van der Waals surface area contributed by atoms with Crippen molar-refractivity contribution in [2.45, 2.75) is 38.7 Å². The van der Waals surface area contributed by atoms with Crippen LogP contribution in [0.4, 0.5) is 13.6 Å². The van der Waals surface area contributed by atoms with Gasteiger partial charge >= 0.3 is 6.09 Å². The molecule has 1 unspecified atom stereocenters. The van der Waals surface area contributed by atoms with Gasteiger partial charge in [0.05, 0.1) is 12.5 Å². The second kappa shape index (κ2) is 5.54. The lowest BCUT2D eigenvalue weighted by atomic mass is 9.94. The molecule has 1 atom stereocenters. The maximum absolute atomic E-state index is 13.7. The van der Waals surface area contributed by atoms with E-state index >= 15 is 0 Å². The fraction of sp³-hybridized carbons (Fsp3) is 0.846. The fourth-order valence-electron chi connectivity index (χ4n) is 2.10. The van der Waals surface area contributed by atoms with Crippen molar-refractivity contribution in [2.75, 3.05) is 27.2 Å². The summed E-state index contributed by atoms with van der Waals surface area (Å²) in [6, 6.07) is 0. The van der Waals surface area contributed by atoms with Crippen LogP contribution < -0.4 is 0 Å². The molecule has 0 N–H and O–H groups in total. The molecule has 1 aliphatic heterocycles. The van der Waals surface area contributed by atoms with Crippen molar-refractivity contribution in [2.24, 2.45) is 5.92 Å². The molecule has 0 radical (unpaired) electrons. The van der Waals surface area contributed by atoms with Crippen LogP contribution in [-0.4, -0.2) is 60.5 Å². The molecule has 0 aromatic rings. The van der Waals surface area contributed by atoms with Crippen molar-refractivity contribution in [3.8, 4) is 0 Å². The van der Waals surface area contributed by atoms with Crippen LogP contribution in [0.25, 0.3) is 0 Å². The van der Waals surface area contributed by atoms with Gasteiger partial charge < -0.3 is 14.5 Å². The molecular formula is C13H22F2N2O3. The van der Waals surface area contributed by atoms with E-state index in [-0.39, 0.29) is 6.54 Å². The van der Waals surface area contributed by atoms with Gasteiger partial charge in [0.25, 0.3) is 5.92 Å². The number of carbonyl (C=O) groups excluding carboxylic acids is 2. The lowest BCUT2D eigenvalue weighted by molar-refractivity contribution is -0.143. The van der Waals surface area contributed by atoms with Gasteiger partial charge in [0.1, 0.15) is 5.60 Å². The maximum Gasteiger partial charge on any atom is 0.410 e. The van der Waals surface area contributed by atoms with Crippen LogP contribution >= 0.6 is 0 Å². The van der Waals surface area contributed by atoms with E-state index in [0.29, 0.717) is 0 Å². The SMILES string of the molecule is CN(C)C(=O)C1CN(C(=O)OC(C)(C)C)CC(F)(F)C1. The summed E-state index contributed by atoms with van der Waals surface area (Å²) in [6.45, 7) is 4.24. The van der Waals surface area contributed by atoms with Gasteiger partial charge in [-0.15, -0.1) is 0 Å². The number of alkyl halides is 2. The van der Waals surface area contributed by atoms with Gasteiger partial charge in [0, 0.05) is 27.1 Å². The average molecular weight is 292 g/mol. The Morgan fingerprint density at radius 2 is 1.85 bits per heavy atom. The molecule has 2 amide bonds. The monoisotopic (exact) mass is 292 g/mol. The van der Waals surface area contributed by atoms with E-state index in [1.165, 1.54) is 19.0 Å². The molecule has 0 spiro atoms. The van der Waals surface area contributed by atoms with Crippen LogP contribution in [0.5, 0.6) is 0 Å². The third-order valence-electron chi connectivity index (χ3n) is 2.85. The summed E-state index contributed by atoms with van der Waals surface area (Å²) in [5.74, 6) is -4.38. The summed E-state index contributed by atoms with van der Waals surface area (Å²) in [5, 5.41) is 0. The summed E-state index contributed by atoms with van der Waals surface area (Å²) in [6.07, 6.45) is -1.35. The van der Waals surface area contributed by atoms with Gasteiger partial charge in [0.15, 0.2) is 0 Å². The first-order chi connectivity index (χ1) is 8.91. The smallest absolute Gasteiger partial charge is 0.410 e. The zero-order valence-corrected chi connectivity index (χ0v) is 12.6. The molecule has 1 fully saturated rings. The van der Waals surface area contributed by atoms with E-state index in [1.807, 2.05) is 0 Å². The molecule has 5 nitrogen and oxygen atoms in total. The molecular weight excluding hydrogens is 270 g/mol. The first kappa shape index (κ1) is 16.7. The number of nitrogens with zero attached hydrogens (tertiary/aromatic N) is 2. The molecule has 7 heteroatoms. The van der Waals surface area contributed by atoms with Gasteiger partial charge in [-0.3, -0.25) is 4.79 Å². The molecule has 0 saturated carbocycles. The first-order valence-corrected chi connectivity index (χ1v) is 6.48. The van der Waals surface area contributed by atoms with Crippen molar-refractivity contribution in [1.82, 2.24) is 9.80 Å². The standard InChI is InChI=1S/C13H22F2N2O3/c1-12(2,3)20-11(19)17-7-9(10(18)16(4)5)6-13(14,15)8-17/h9H,6-8H2,1-5H3. The Morgan fingerprint density at radius 1 is 1.30 bits per heavy atom. The number of hydrogen-bond acceptors (Lipinski definition) is 3. The Balaban J connectivity index is 2.82. The van der Waals surface area contributed by atoms with Gasteiger partial charge in [-0.2, -0.15) is 0 Å². The molecule has 0 aromatic carbocycles. The predicted octanol–water partition coefficient (Wildman–Crippen LogP) is 1.97. The Labute approximate surface area is 117 Å². The highest BCUT2D eigenvalue weighted by molar-refractivity contribution is 5.80. The molecule has 1 aliphatic rings. The summed E-state index contributed by atoms with van der Waals surface area (Å²) < 4.78 is 32.5. The molecule has 1 rings (SSSR count). The summed E-state index contributed by atoms with van der Waals surface area (Å²) >= 11 is 0. The fourth-order valence-corrected chi connectivity index (χ4v) is 2.10. The van der Waals surface area contributed by atoms with E-state index in [2.05, 4.69) is 0 Å². The lowest BCUT2D eigenvalue weighted by Crippen LogP contribution is -2.53. The van der Waals surface area contributed by atoms with Crippen molar-refractivity contribution in [3.05, 3.63) is 0 Å². The number of ether oxygens (including phenoxy) is 1. The average Bonchev–Trinajstić information content (AvgIpc) is 2.23. The normalized spacial score (nSPS) is 22.4. The number of hydrogen-bond donors (Lipinski definition) is 0. The predicted molar refractivity (Wildman–Crippen MR) is 69.6 cm³/mol. The topological polar surface area (TPSA) is 49.9 Å². The maximum atomic E-state index is 13.7. The molecule has 0 aliphatic carbocycles. The Bertz CT molecular complexity index is 392. The summed E-state index contributed by atoms with van der Waals surface area (Å²) in [4.78, 5) is 25.9. The van der Waals surface area contributed by atoms with Gasteiger partial charge in [-0.05, 0) is 20.8 Å². The van der Waals surface area contributed by atoms with Crippen molar-refractivity contribution < 1.29 is 23.1 Å². The van der Waals surface area contributed by atoms with E-state index in [1.54, 1.807) is 20.8 Å². The number of amides is 2. The van der Waals surface area contributed by atoms with E-state index in [0.717, 1.165) is 4.90 Å². The quantitative estimate of drug-likeness (QED) is 0.742. The second-order valence-electron chi connectivity index (χ2n) is 6.35. The number of rotatable bonds is 1. The van der Waals surface area contributed by atoms with Crippen molar-refractivity contribution in [3.63, 3.8) is 0 Å². The molecule has 0 bridgehead atoms. The molecule has 20 heavy (non-hydrogen) atoms. The minimum absolute atomic E-state index is 0.0402. The van der Waals surface area contributed by atoms with Crippen LogP contribution in [0.1, 0.15) is 27.2 Å². The number of piperidine rings is 1. The van der Waals surface area contributed by atoms with Crippen LogP contribution in [0.2, 0.25) is 0 Å². The van der Waals surface area contributed by atoms with E-state index < -0.39 is 42.4 Å². The Kier molecular flexibility index (Phi) is 4.61. The van der Waals surface area contributed by atoms with E-state index in [9.17, 15) is 18.4 Å². The lowest BCUT2D eigenvalue weighted by Gasteiger charge is -2.38. The minimum Gasteiger partial charge on any atom is -0.444 e. The third-order valence-corrected chi connectivity index (χ3v) is 2.85. The Hall–Kier alpha value is -1.40. The number of halogens is 2. The van der Waals surface area contributed by atoms with Gasteiger partial charge in [0.2, 0.25) is 5.91 Å². The largest absolute Gasteiger partial charge is 0.444 e. The molecule has 0 aromatic heterocycles.